The summed E-state index contributed by atoms with van der Waals surface area (Å²) >= 11 is 12.4. The molecule has 0 aliphatic carbocycles. The second kappa shape index (κ2) is 25.0. The first-order chi connectivity index (χ1) is 40.2. The molecule has 1 amide bonds. The number of carbonyl (C=O) groups is 2. The van der Waals surface area contributed by atoms with Gasteiger partial charge >= 0.3 is 19.4 Å². The number of rotatable bonds is 15. The molecule has 8 heterocycles. The van der Waals surface area contributed by atoms with E-state index in [9.17, 15) is 24.5 Å². The van der Waals surface area contributed by atoms with Crippen molar-refractivity contribution in [1.82, 2.24) is 33.6 Å². The summed E-state index contributed by atoms with van der Waals surface area (Å²) in [5, 5.41) is 9.79. The summed E-state index contributed by atoms with van der Waals surface area (Å²) in [5.74, 6) is -0.217. The van der Waals surface area contributed by atoms with Crippen molar-refractivity contribution in [3.63, 3.8) is 0 Å². The fourth-order valence-electron chi connectivity index (χ4n) is 10.2. The van der Waals surface area contributed by atoms with Crippen molar-refractivity contribution in [2.45, 2.75) is 159 Å². The van der Waals surface area contributed by atoms with Gasteiger partial charge in [-0.2, -0.15) is 5.26 Å². The zero-order chi connectivity index (χ0) is 60.9. The van der Waals surface area contributed by atoms with E-state index in [1.165, 1.54) is 23.5 Å². The van der Waals surface area contributed by atoms with Crippen LogP contribution in [0, 0.1) is 11.3 Å². The third-order valence-corrected chi connectivity index (χ3v) is 29.6. The number of anilines is 1. The van der Waals surface area contributed by atoms with Crippen molar-refractivity contribution in [2.75, 3.05) is 37.9 Å². The van der Waals surface area contributed by atoms with Crippen molar-refractivity contribution in [3.8, 4) is 6.07 Å². The number of imidazole rings is 1. The van der Waals surface area contributed by atoms with Crippen molar-refractivity contribution >= 4 is 93.6 Å². The fraction of sp³-hybridized carbons (Fsp3) is 0.536. The molecule has 1 N–H and O–H groups in total. The van der Waals surface area contributed by atoms with Crippen LogP contribution in [0.1, 0.15) is 99.5 Å². The summed E-state index contributed by atoms with van der Waals surface area (Å²) in [6, 6.07) is 19.8. The topological polar surface area (TPSA) is 257 Å². The number of amides is 1. The van der Waals surface area contributed by atoms with E-state index in [0.29, 0.717) is 53.8 Å². The molecule has 456 valence electrons. The van der Waals surface area contributed by atoms with Gasteiger partial charge in [-0.15, -0.1) is 0 Å². The van der Waals surface area contributed by atoms with Gasteiger partial charge in [0, 0.05) is 24.8 Å². The minimum absolute atomic E-state index is 0.0104. The van der Waals surface area contributed by atoms with Gasteiger partial charge in [0.05, 0.1) is 56.2 Å². The van der Waals surface area contributed by atoms with Crippen molar-refractivity contribution in [2.24, 2.45) is 0 Å². The number of nitrogens with zero attached hydrogens (tertiary/aromatic N) is 9. The van der Waals surface area contributed by atoms with Gasteiger partial charge in [0.1, 0.15) is 60.7 Å². The molecule has 0 saturated carbocycles. The summed E-state index contributed by atoms with van der Waals surface area (Å²) in [5.41, 5.74) is 1.98. The fourth-order valence-corrected chi connectivity index (χ4v) is 16.3. The zero-order valence-electron chi connectivity index (χ0n) is 49.3. The first-order valence-corrected chi connectivity index (χ1v) is 39.3. The van der Waals surface area contributed by atoms with Gasteiger partial charge in [0.25, 0.3) is 11.5 Å². The van der Waals surface area contributed by atoms with E-state index in [4.69, 9.17) is 84.2 Å². The zero-order valence-corrected chi connectivity index (χ0v) is 54.7. The largest absolute Gasteiger partial charge is 0.462 e. The van der Waals surface area contributed by atoms with Crippen molar-refractivity contribution in [1.29, 1.82) is 5.26 Å². The molecule has 0 spiro atoms. The Morgan fingerprint density at radius 2 is 1.45 bits per heavy atom. The standard InChI is InChI=1S/C56H73N9O14P2S2Si2/c1-55(2,3)84(7,8)78-44-40-31-72-80(69,82)76-43-39(74-53(46(43)79-85(9,10)56(4,5)6)64-30-38-24-17-27-63(47-41(38)48(64)59-33-58-47)50(66)36-20-13-11-14-21-36)32-73-81(83,71-29-18-25-57)77-45(44)52(75-40)65-35-60-42-49(65)61-34-62(51(42)67)26-19-28-70-54(68)37-22-15-12-16-23-37/h11-16,20-23,30,33-35,39-40,43-46,52-53H,17-19,24,26-29,31-32H2,1-10H3,(H,69,82)/t39-,40-,43-,44-,45-,46-,52-,53-,80?,81?/m1/s1. The normalized spacial score (nSPS) is 26.9. The Labute approximate surface area is 505 Å². The van der Waals surface area contributed by atoms with Gasteiger partial charge in [-0.25, -0.2) is 24.7 Å². The average molecular weight is 1280 g/mol. The monoisotopic (exact) mass is 1280 g/mol. The van der Waals surface area contributed by atoms with Crippen LogP contribution in [0.3, 0.4) is 0 Å². The number of nitriles is 1. The molecule has 3 fully saturated rings. The Kier molecular flexibility index (Phi) is 18.6. The first kappa shape index (κ1) is 63.2. The van der Waals surface area contributed by atoms with E-state index in [-0.39, 0.29) is 66.5 Å². The van der Waals surface area contributed by atoms with Gasteiger partial charge in [-0.1, -0.05) is 77.9 Å². The second-order valence-electron chi connectivity index (χ2n) is 24.5. The molecular formula is C56H73N9O14P2S2Si2. The lowest BCUT2D eigenvalue weighted by molar-refractivity contribution is -0.0619. The highest BCUT2D eigenvalue weighted by molar-refractivity contribution is 8.07. The predicted molar refractivity (Wildman–Crippen MR) is 328 cm³/mol. The average Bonchev–Trinajstić information content (AvgIpc) is 1.67. The van der Waals surface area contributed by atoms with Crippen LogP contribution in [0.5, 0.6) is 0 Å². The quantitative estimate of drug-likeness (QED) is 0.0434. The smallest absolute Gasteiger partial charge is 0.338 e. The number of esters is 1. The van der Waals surface area contributed by atoms with E-state index in [2.05, 4.69) is 78.8 Å². The Balaban J connectivity index is 1.02. The number of fused-ring (bicyclic) bond motifs is 4. The predicted octanol–water partition coefficient (Wildman–Crippen LogP) is 9.64. The highest BCUT2D eigenvalue weighted by Gasteiger charge is 2.57. The maximum Gasteiger partial charge on any atom is 0.338 e. The lowest BCUT2D eigenvalue weighted by atomic mass is 10.1. The third-order valence-electron chi connectivity index (χ3n) is 16.7. The van der Waals surface area contributed by atoms with E-state index >= 15 is 0 Å². The summed E-state index contributed by atoms with van der Waals surface area (Å²) in [7, 11) is -5.59. The van der Waals surface area contributed by atoms with Crippen LogP contribution in [0.25, 0.3) is 22.2 Å². The number of hydrogen-bond donors (Lipinski definition) is 1. The molecule has 4 aliphatic heterocycles. The molecular weight excluding hydrogens is 1200 g/mol. The highest BCUT2D eigenvalue weighted by Crippen LogP contribution is 2.58. The van der Waals surface area contributed by atoms with Crippen molar-refractivity contribution < 1.29 is 60.2 Å². The Hall–Kier alpha value is -4.83. The molecule has 10 atom stereocenters. The van der Waals surface area contributed by atoms with Gasteiger partial charge in [-0.05, 0) is 109 Å². The molecule has 23 nitrogen and oxygen atoms in total. The number of aromatic nitrogens is 7. The van der Waals surface area contributed by atoms with Crippen LogP contribution in [0.15, 0.2) is 90.6 Å². The lowest BCUT2D eigenvalue weighted by Crippen LogP contribution is -2.50. The number of benzene rings is 2. The molecule has 10 rings (SSSR count). The van der Waals surface area contributed by atoms with Crippen molar-refractivity contribution in [3.05, 3.63) is 113 Å². The van der Waals surface area contributed by atoms with Crippen LogP contribution in [-0.4, -0.2) is 137 Å². The molecule has 2 aromatic carbocycles. The van der Waals surface area contributed by atoms with E-state index in [0.717, 1.165) is 5.56 Å². The Bertz CT molecular complexity index is 3630. The van der Waals surface area contributed by atoms with Crippen LogP contribution in [0.2, 0.25) is 36.3 Å². The van der Waals surface area contributed by atoms with Gasteiger partial charge in [0.15, 0.2) is 40.3 Å². The molecule has 4 aromatic heterocycles. The molecule has 4 aliphatic rings. The summed E-state index contributed by atoms with van der Waals surface area (Å²) in [6.45, 7) is 12.2. The molecule has 0 radical (unpaired) electrons. The van der Waals surface area contributed by atoms with Gasteiger partial charge in [-0.3, -0.25) is 32.7 Å². The summed E-state index contributed by atoms with van der Waals surface area (Å²) in [6.07, 6.45) is -1.17. The molecule has 2 bridgehead atoms. The van der Waals surface area contributed by atoms with Crippen LogP contribution in [-0.2, 0) is 82.3 Å². The number of carbonyl (C=O) groups excluding carboxylic acids is 2. The molecule has 85 heavy (non-hydrogen) atoms. The Morgan fingerprint density at radius 1 is 0.788 bits per heavy atom. The molecule has 3 saturated heterocycles. The third kappa shape index (κ3) is 13.3. The van der Waals surface area contributed by atoms with E-state index in [1.54, 1.807) is 51.9 Å². The van der Waals surface area contributed by atoms with Crippen LogP contribution < -0.4 is 10.5 Å². The maximum absolute atomic E-state index is 14.2. The summed E-state index contributed by atoms with van der Waals surface area (Å²) in [4.78, 5) is 73.9. The molecule has 6 aromatic rings. The van der Waals surface area contributed by atoms with Gasteiger partial charge < -0.3 is 46.1 Å². The maximum atomic E-state index is 14.2. The molecule has 29 heteroatoms. The highest BCUT2D eigenvalue weighted by atomic mass is 32.5. The summed E-state index contributed by atoms with van der Waals surface area (Å²) < 4.78 is 72.3. The van der Waals surface area contributed by atoms with E-state index < -0.39 is 90.7 Å². The van der Waals surface area contributed by atoms with E-state index in [1.807, 2.05) is 29.0 Å². The van der Waals surface area contributed by atoms with Crippen LogP contribution >= 0.6 is 13.4 Å². The Morgan fingerprint density at radius 3 is 2.13 bits per heavy atom. The second-order valence-corrected chi connectivity index (χ2v) is 39.8. The minimum atomic E-state index is -4.34. The minimum Gasteiger partial charge on any atom is -0.462 e. The first-order valence-electron chi connectivity index (χ1n) is 28.3. The lowest BCUT2D eigenvalue weighted by Gasteiger charge is -2.41. The van der Waals surface area contributed by atoms with Gasteiger partial charge in [0.2, 0.25) is 0 Å². The van der Waals surface area contributed by atoms with Crippen LogP contribution in [0.4, 0.5) is 5.82 Å². The molecule has 2 unspecified atom stereocenters. The SMILES string of the molecule is CC(C)(C)[Si](C)(C)O[C@@H]1[C@@H]2OP(O)(=S)OC[C@H]3O[C@@H](n4cnc5c(=O)n(CCCOC(=O)c6ccccc6)cnc54)[C@H](OP(=S)(OCCC#N)OC[C@H]2O[C@H]1n1cc2c4c(ncnc41)N(C(=O)c1ccccc1)CCC2)[C@@H]3O[Si](C)(C)C(C)(C)C. The number of ether oxygens (including phenoxy) is 3. The number of hydrogen-bond acceptors (Lipinski definition) is 20. The number of aryl methyl sites for hydroxylation is 2.